The molecule has 0 spiro atoms. The summed E-state index contributed by atoms with van der Waals surface area (Å²) in [5.74, 6) is -0.973. The third-order valence-electron chi connectivity index (χ3n) is 2.11. The van der Waals surface area contributed by atoms with Crippen LogP contribution in [0.25, 0.3) is 0 Å². The van der Waals surface area contributed by atoms with Gasteiger partial charge >= 0.3 is 5.97 Å². The van der Waals surface area contributed by atoms with Gasteiger partial charge in [-0.15, -0.1) is 0 Å². The van der Waals surface area contributed by atoms with Crippen LogP contribution in [0.4, 0.5) is 0 Å². The van der Waals surface area contributed by atoms with Gasteiger partial charge in [-0.3, -0.25) is 4.79 Å². The first-order chi connectivity index (χ1) is 7.08. The molecule has 78 valence electrons. The molecule has 0 saturated heterocycles. The van der Waals surface area contributed by atoms with Gasteiger partial charge in [-0.2, -0.15) is 5.26 Å². The highest BCUT2D eigenvalue weighted by Crippen LogP contribution is 2.18. The molecule has 0 aliphatic heterocycles. The summed E-state index contributed by atoms with van der Waals surface area (Å²) < 4.78 is 0. The van der Waals surface area contributed by atoms with Crippen LogP contribution < -0.4 is 0 Å². The van der Waals surface area contributed by atoms with Gasteiger partial charge in [0.15, 0.2) is 0 Å². The Bertz CT molecular complexity index is 432. The molecule has 4 nitrogen and oxygen atoms in total. The molecule has 1 aromatic carbocycles. The van der Waals surface area contributed by atoms with Crippen LogP contribution in [0.3, 0.4) is 0 Å². The quantitative estimate of drug-likeness (QED) is 0.770. The van der Waals surface area contributed by atoms with Crippen molar-refractivity contribution in [3.05, 3.63) is 34.4 Å². The van der Waals surface area contributed by atoms with Crippen molar-refractivity contribution >= 4 is 5.97 Å². The molecular formula is C11H11NO3. The number of nitriles is 1. The molecule has 0 amide bonds. The van der Waals surface area contributed by atoms with E-state index in [1.165, 1.54) is 0 Å². The number of hydrogen-bond donors (Lipinski definition) is 2. The molecule has 0 unspecified atom stereocenters. The van der Waals surface area contributed by atoms with Gasteiger partial charge in [0.1, 0.15) is 0 Å². The van der Waals surface area contributed by atoms with Gasteiger partial charge in [-0.1, -0.05) is 6.07 Å². The summed E-state index contributed by atoms with van der Waals surface area (Å²) >= 11 is 0. The standard InChI is InChI=1S/C11H11NO3/c1-7-2-8(4-11(14)15)10(6-13)9(3-7)5-12/h2-3,13H,4,6H2,1H3,(H,14,15). The van der Waals surface area contributed by atoms with E-state index < -0.39 is 5.97 Å². The minimum atomic E-state index is -0.973. The fourth-order valence-electron chi connectivity index (χ4n) is 1.50. The number of carbonyl (C=O) groups is 1. The molecule has 0 heterocycles. The maximum Gasteiger partial charge on any atom is 0.307 e. The number of aliphatic hydroxyl groups excluding tert-OH is 1. The van der Waals surface area contributed by atoms with Gasteiger partial charge in [-0.25, -0.2) is 0 Å². The average molecular weight is 205 g/mol. The maximum atomic E-state index is 10.6. The van der Waals surface area contributed by atoms with Gasteiger partial charge in [0, 0.05) is 0 Å². The molecule has 1 aromatic rings. The van der Waals surface area contributed by atoms with Crippen LogP contribution in [0, 0.1) is 18.3 Å². The Morgan fingerprint density at radius 3 is 2.67 bits per heavy atom. The molecule has 0 bridgehead atoms. The molecule has 2 N–H and O–H groups in total. The third-order valence-corrected chi connectivity index (χ3v) is 2.11. The summed E-state index contributed by atoms with van der Waals surface area (Å²) in [6.45, 7) is 1.47. The Labute approximate surface area is 87.4 Å². The van der Waals surface area contributed by atoms with Crippen LogP contribution in [0.2, 0.25) is 0 Å². The molecule has 0 fully saturated rings. The summed E-state index contributed by atoms with van der Waals surface area (Å²) in [6, 6.07) is 5.26. The van der Waals surface area contributed by atoms with Crippen molar-refractivity contribution < 1.29 is 15.0 Å². The monoisotopic (exact) mass is 205 g/mol. The number of rotatable bonds is 3. The highest BCUT2D eigenvalue weighted by molar-refractivity contribution is 5.71. The lowest BCUT2D eigenvalue weighted by atomic mass is 9.97. The largest absolute Gasteiger partial charge is 0.481 e. The Morgan fingerprint density at radius 2 is 2.20 bits per heavy atom. The van der Waals surface area contributed by atoms with E-state index in [4.69, 9.17) is 15.5 Å². The predicted molar refractivity (Wildman–Crippen MR) is 53.2 cm³/mol. The number of carboxylic acids is 1. The Hall–Kier alpha value is -1.86. The van der Waals surface area contributed by atoms with Crippen molar-refractivity contribution in [3.8, 4) is 6.07 Å². The number of aryl methyl sites for hydroxylation is 1. The fourth-order valence-corrected chi connectivity index (χ4v) is 1.50. The Morgan fingerprint density at radius 1 is 1.53 bits per heavy atom. The molecule has 0 atom stereocenters. The van der Waals surface area contributed by atoms with E-state index in [2.05, 4.69) is 0 Å². The van der Waals surface area contributed by atoms with Crippen LogP contribution in [0.5, 0.6) is 0 Å². The molecule has 4 heteroatoms. The van der Waals surface area contributed by atoms with Gasteiger partial charge in [0.2, 0.25) is 0 Å². The van der Waals surface area contributed by atoms with E-state index in [1.54, 1.807) is 19.1 Å². The lowest BCUT2D eigenvalue weighted by Crippen LogP contribution is -2.06. The molecule has 0 radical (unpaired) electrons. The summed E-state index contributed by atoms with van der Waals surface area (Å²) in [5.41, 5.74) is 2.07. The third kappa shape index (κ3) is 2.55. The summed E-state index contributed by atoms with van der Waals surface area (Å²) in [6.07, 6.45) is -0.174. The lowest BCUT2D eigenvalue weighted by molar-refractivity contribution is -0.136. The Balaban J connectivity index is 3.30. The maximum absolute atomic E-state index is 10.6. The van der Waals surface area contributed by atoms with Crippen LogP contribution >= 0.6 is 0 Å². The smallest absolute Gasteiger partial charge is 0.307 e. The average Bonchev–Trinajstić information content (AvgIpc) is 2.15. The van der Waals surface area contributed by atoms with Crippen molar-refractivity contribution in [3.63, 3.8) is 0 Å². The van der Waals surface area contributed by atoms with Crippen LogP contribution in [-0.4, -0.2) is 16.2 Å². The second-order valence-electron chi connectivity index (χ2n) is 3.29. The zero-order chi connectivity index (χ0) is 11.4. The summed E-state index contributed by atoms with van der Waals surface area (Å²) in [4.78, 5) is 10.6. The second-order valence-corrected chi connectivity index (χ2v) is 3.29. The molecular weight excluding hydrogens is 194 g/mol. The van der Waals surface area contributed by atoms with Crippen molar-refractivity contribution in [2.75, 3.05) is 0 Å². The second kappa shape index (κ2) is 4.58. The number of hydrogen-bond acceptors (Lipinski definition) is 3. The SMILES string of the molecule is Cc1cc(C#N)c(CO)c(CC(=O)O)c1. The summed E-state index contributed by atoms with van der Waals surface area (Å²) in [5, 5.41) is 26.6. The molecule has 15 heavy (non-hydrogen) atoms. The van der Waals surface area contributed by atoms with Crippen LogP contribution in [-0.2, 0) is 17.8 Å². The van der Waals surface area contributed by atoms with Crippen LogP contribution in [0.15, 0.2) is 12.1 Å². The van der Waals surface area contributed by atoms with E-state index in [1.807, 2.05) is 6.07 Å². The molecule has 0 aliphatic carbocycles. The lowest BCUT2D eigenvalue weighted by Gasteiger charge is -2.08. The Kier molecular flexibility index (Phi) is 3.42. The number of benzene rings is 1. The predicted octanol–water partition coefficient (Wildman–Crippen LogP) is 0.986. The molecule has 0 aliphatic rings. The van der Waals surface area contributed by atoms with Crippen molar-refractivity contribution in [1.82, 2.24) is 0 Å². The van der Waals surface area contributed by atoms with Crippen molar-refractivity contribution in [2.24, 2.45) is 0 Å². The zero-order valence-corrected chi connectivity index (χ0v) is 8.32. The molecule has 0 saturated carbocycles. The molecule has 0 aromatic heterocycles. The van der Waals surface area contributed by atoms with Gasteiger partial charge < -0.3 is 10.2 Å². The fraction of sp³-hybridized carbons (Fsp3) is 0.273. The number of nitrogens with zero attached hydrogens (tertiary/aromatic N) is 1. The van der Waals surface area contributed by atoms with Crippen molar-refractivity contribution in [1.29, 1.82) is 5.26 Å². The van der Waals surface area contributed by atoms with E-state index in [-0.39, 0.29) is 13.0 Å². The highest BCUT2D eigenvalue weighted by atomic mass is 16.4. The summed E-state index contributed by atoms with van der Waals surface area (Å²) in [7, 11) is 0. The topological polar surface area (TPSA) is 81.3 Å². The van der Waals surface area contributed by atoms with E-state index in [0.29, 0.717) is 16.7 Å². The highest BCUT2D eigenvalue weighted by Gasteiger charge is 2.11. The van der Waals surface area contributed by atoms with E-state index in [9.17, 15) is 4.79 Å². The number of aliphatic carboxylic acids is 1. The first kappa shape index (κ1) is 11.2. The van der Waals surface area contributed by atoms with Gasteiger partial charge in [-0.05, 0) is 29.7 Å². The number of carboxylic acid groups (broad SMARTS) is 1. The van der Waals surface area contributed by atoms with Crippen LogP contribution in [0.1, 0.15) is 22.3 Å². The van der Waals surface area contributed by atoms with E-state index in [0.717, 1.165) is 5.56 Å². The number of aliphatic hydroxyl groups is 1. The molecule has 1 rings (SSSR count). The van der Waals surface area contributed by atoms with Gasteiger partial charge in [0.05, 0.1) is 24.7 Å². The normalized spacial score (nSPS) is 9.67. The van der Waals surface area contributed by atoms with Crippen molar-refractivity contribution in [2.45, 2.75) is 20.0 Å². The zero-order valence-electron chi connectivity index (χ0n) is 8.32. The first-order valence-corrected chi connectivity index (χ1v) is 4.43. The van der Waals surface area contributed by atoms with Gasteiger partial charge in [0.25, 0.3) is 0 Å². The first-order valence-electron chi connectivity index (χ1n) is 4.43. The minimum absolute atomic E-state index is 0.174. The minimum Gasteiger partial charge on any atom is -0.481 e. The van der Waals surface area contributed by atoms with E-state index >= 15 is 0 Å².